The normalized spacial score (nSPS) is 11.2. The monoisotopic (exact) mass is 328 g/mol. The van der Waals surface area contributed by atoms with Crippen LogP contribution in [0.5, 0.6) is 0 Å². The number of nitrogens with one attached hydrogen (secondary N) is 1. The number of primary sulfonamides is 1. The maximum absolute atomic E-state index is 13.8. The minimum absolute atomic E-state index is 0.151. The van der Waals surface area contributed by atoms with Crippen LogP contribution < -0.4 is 10.5 Å². The number of rotatable bonds is 3. The predicted molar refractivity (Wildman–Crippen MR) is 77.2 cm³/mol. The number of hydrogen-bond donors (Lipinski definition) is 2. The van der Waals surface area contributed by atoms with E-state index in [0.29, 0.717) is 5.02 Å². The van der Waals surface area contributed by atoms with E-state index in [2.05, 4.69) is 5.32 Å². The summed E-state index contributed by atoms with van der Waals surface area (Å²) < 4.78 is 35.9. The molecule has 21 heavy (non-hydrogen) atoms. The molecule has 0 aliphatic rings. The van der Waals surface area contributed by atoms with Crippen LogP contribution in [0.25, 0.3) is 0 Å². The van der Waals surface area contributed by atoms with Crippen LogP contribution in [0.4, 0.5) is 10.1 Å². The standard InChI is InChI=1S/C13H10ClFN2O3S/c14-9-3-1-8(2-4-9)13(18)17-12-6-5-10(7-11(12)15)21(16,19)20/h1-7H,(H,17,18)(H2,16,19,20). The minimum atomic E-state index is -3.99. The molecule has 0 unspecified atom stereocenters. The number of halogens is 2. The molecule has 1 amide bonds. The predicted octanol–water partition coefficient (Wildman–Crippen LogP) is 2.38. The molecule has 5 nitrogen and oxygen atoms in total. The molecular formula is C13H10ClFN2O3S. The van der Waals surface area contributed by atoms with Gasteiger partial charge in [-0.05, 0) is 42.5 Å². The van der Waals surface area contributed by atoms with Crippen LogP contribution in [-0.2, 0) is 10.0 Å². The van der Waals surface area contributed by atoms with Gasteiger partial charge in [0.15, 0.2) is 0 Å². The van der Waals surface area contributed by atoms with Crippen LogP contribution >= 0.6 is 11.6 Å². The average molecular weight is 329 g/mol. The molecule has 0 fully saturated rings. The van der Waals surface area contributed by atoms with E-state index in [-0.39, 0.29) is 16.1 Å². The highest BCUT2D eigenvalue weighted by atomic mass is 35.5. The molecule has 0 saturated heterocycles. The molecule has 2 aromatic rings. The fraction of sp³-hybridized carbons (Fsp3) is 0. The molecular weight excluding hydrogens is 319 g/mol. The number of carbonyl (C=O) groups excluding carboxylic acids is 1. The summed E-state index contributed by atoms with van der Waals surface area (Å²) in [4.78, 5) is 11.5. The Bertz CT molecular complexity index is 792. The van der Waals surface area contributed by atoms with Crippen LogP contribution in [-0.4, -0.2) is 14.3 Å². The van der Waals surface area contributed by atoms with Gasteiger partial charge < -0.3 is 5.32 Å². The number of hydrogen-bond acceptors (Lipinski definition) is 3. The summed E-state index contributed by atoms with van der Waals surface area (Å²) in [5.74, 6) is -1.45. The molecule has 3 N–H and O–H groups in total. The van der Waals surface area contributed by atoms with Gasteiger partial charge in [-0.15, -0.1) is 0 Å². The number of benzene rings is 2. The molecule has 0 spiro atoms. The van der Waals surface area contributed by atoms with E-state index >= 15 is 0 Å². The zero-order valence-corrected chi connectivity index (χ0v) is 12.1. The average Bonchev–Trinajstić information content (AvgIpc) is 2.40. The highest BCUT2D eigenvalue weighted by molar-refractivity contribution is 7.89. The van der Waals surface area contributed by atoms with E-state index < -0.39 is 21.7 Å². The van der Waals surface area contributed by atoms with Crippen LogP contribution in [0.15, 0.2) is 47.4 Å². The van der Waals surface area contributed by atoms with Crippen molar-refractivity contribution < 1.29 is 17.6 Å². The summed E-state index contributed by atoms with van der Waals surface area (Å²) in [6.45, 7) is 0. The highest BCUT2D eigenvalue weighted by Crippen LogP contribution is 2.19. The summed E-state index contributed by atoms with van der Waals surface area (Å²) >= 11 is 5.70. The van der Waals surface area contributed by atoms with E-state index in [1.165, 1.54) is 24.3 Å². The first-order chi connectivity index (χ1) is 9.77. The van der Waals surface area contributed by atoms with Gasteiger partial charge in [0.1, 0.15) is 5.82 Å². The number of sulfonamides is 1. The topological polar surface area (TPSA) is 89.3 Å². The minimum Gasteiger partial charge on any atom is -0.319 e. The van der Waals surface area contributed by atoms with E-state index in [9.17, 15) is 17.6 Å². The van der Waals surface area contributed by atoms with Crippen molar-refractivity contribution in [1.29, 1.82) is 0 Å². The Morgan fingerprint density at radius 1 is 1.14 bits per heavy atom. The van der Waals surface area contributed by atoms with Crippen molar-refractivity contribution in [2.75, 3.05) is 5.32 Å². The molecule has 0 radical (unpaired) electrons. The van der Waals surface area contributed by atoms with Crippen LogP contribution in [0.3, 0.4) is 0 Å². The number of anilines is 1. The fourth-order valence-corrected chi connectivity index (χ4v) is 2.22. The van der Waals surface area contributed by atoms with Gasteiger partial charge >= 0.3 is 0 Å². The Morgan fingerprint density at radius 2 is 1.76 bits per heavy atom. The second-order valence-corrected chi connectivity index (χ2v) is 6.15. The van der Waals surface area contributed by atoms with E-state index in [4.69, 9.17) is 16.7 Å². The molecule has 0 saturated carbocycles. The van der Waals surface area contributed by atoms with Gasteiger partial charge in [0, 0.05) is 10.6 Å². The van der Waals surface area contributed by atoms with Crippen molar-refractivity contribution in [3.8, 4) is 0 Å². The third-order valence-electron chi connectivity index (χ3n) is 2.62. The lowest BCUT2D eigenvalue weighted by molar-refractivity contribution is 0.102. The van der Waals surface area contributed by atoms with E-state index in [0.717, 1.165) is 18.2 Å². The number of amides is 1. The van der Waals surface area contributed by atoms with Crippen LogP contribution in [0.2, 0.25) is 5.02 Å². The van der Waals surface area contributed by atoms with Gasteiger partial charge in [0.25, 0.3) is 5.91 Å². The number of carbonyl (C=O) groups is 1. The van der Waals surface area contributed by atoms with Crippen molar-refractivity contribution in [1.82, 2.24) is 0 Å². The smallest absolute Gasteiger partial charge is 0.255 e. The molecule has 0 bridgehead atoms. The second kappa shape index (κ2) is 5.80. The van der Waals surface area contributed by atoms with Crippen molar-refractivity contribution >= 4 is 33.2 Å². The summed E-state index contributed by atoms with van der Waals surface area (Å²) in [6.07, 6.45) is 0. The van der Waals surface area contributed by atoms with Crippen LogP contribution in [0.1, 0.15) is 10.4 Å². The molecule has 110 valence electrons. The van der Waals surface area contributed by atoms with Crippen molar-refractivity contribution in [2.24, 2.45) is 5.14 Å². The lowest BCUT2D eigenvalue weighted by Gasteiger charge is -2.07. The summed E-state index contributed by atoms with van der Waals surface area (Å²) in [6, 6.07) is 8.99. The molecule has 0 heterocycles. The maximum atomic E-state index is 13.8. The number of nitrogens with two attached hydrogens (primary N) is 1. The van der Waals surface area contributed by atoms with Gasteiger partial charge in [0.05, 0.1) is 10.6 Å². The first-order valence-corrected chi connectivity index (χ1v) is 7.59. The van der Waals surface area contributed by atoms with Crippen molar-refractivity contribution in [2.45, 2.75) is 4.90 Å². The lowest BCUT2D eigenvalue weighted by atomic mass is 10.2. The van der Waals surface area contributed by atoms with Crippen molar-refractivity contribution in [3.05, 3.63) is 58.9 Å². The Hall–Kier alpha value is -1.96. The maximum Gasteiger partial charge on any atom is 0.255 e. The molecule has 2 rings (SSSR count). The third-order valence-corrected chi connectivity index (χ3v) is 3.79. The van der Waals surface area contributed by atoms with E-state index in [1.807, 2.05) is 0 Å². The largest absolute Gasteiger partial charge is 0.319 e. The van der Waals surface area contributed by atoms with Gasteiger partial charge in [-0.2, -0.15) is 0 Å². The third kappa shape index (κ3) is 3.78. The molecule has 0 aliphatic carbocycles. The first kappa shape index (κ1) is 15.4. The quantitative estimate of drug-likeness (QED) is 0.906. The fourth-order valence-electron chi connectivity index (χ4n) is 1.57. The summed E-state index contributed by atoms with van der Waals surface area (Å²) in [5.41, 5.74) is 0.136. The molecule has 0 aliphatic heterocycles. The van der Waals surface area contributed by atoms with Gasteiger partial charge in [-0.3, -0.25) is 4.79 Å². The molecule has 2 aromatic carbocycles. The summed E-state index contributed by atoms with van der Waals surface area (Å²) in [7, 11) is -3.99. The SMILES string of the molecule is NS(=O)(=O)c1ccc(NC(=O)c2ccc(Cl)cc2)c(F)c1. The zero-order valence-electron chi connectivity index (χ0n) is 10.5. The Labute approximate surface area is 125 Å². The summed E-state index contributed by atoms with van der Waals surface area (Å²) in [5, 5.41) is 7.69. The second-order valence-electron chi connectivity index (χ2n) is 4.15. The zero-order chi connectivity index (χ0) is 15.6. The van der Waals surface area contributed by atoms with Crippen LogP contribution in [0, 0.1) is 5.82 Å². The Morgan fingerprint density at radius 3 is 2.29 bits per heavy atom. The van der Waals surface area contributed by atoms with Crippen molar-refractivity contribution in [3.63, 3.8) is 0 Å². The van der Waals surface area contributed by atoms with Gasteiger partial charge in [-0.25, -0.2) is 17.9 Å². The molecule has 0 atom stereocenters. The molecule has 8 heteroatoms. The Kier molecular flexibility index (Phi) is 4.26. The molecule has 0 aromatic heterocycles. The van der Waals surface area contributed by atoms with E-state index in [1.54, 1.807) is 0 Å². The van der Waals surface area contributed by atoms with Gasteiger partial charge in [0.2, 0.25) is 10.0 Å². The first-order valence-electron chi connectivity index (χ1n) is 5.66. The van der Waals surface area contributed by atoms with Gasteiger partial charge in [-0.1, -0.05) is 11.6 Å². The lowest BCUT2D eigenvalue weighted by Crippen LogP contribution is -2.15. The highest BCUT2D eigenvalue weighted by Gasteiger charge is 2.14. The Balaban J connectivity index is 2.24.